The van der Waals surface area contributed by atoms with E-state index in [9.17, 15) is 0 Å². The Morgan fingerprint density at radius 1 is 1.21 bits per heavy atom. The van der Waals surface area contributed by atoms with Crippen molar-refractivity contribution < 1.29 is 0 Å². The van der Waals surface area contributed by atoms with Crippen LogP contribution in [0.25, 0.3) is 0 Å². The topological polar surface area (TPSA) is 41.9 Å². The molecule has 0 radical (unpaired) electrons. The van der Waals surface area contributed by atoms with Crippen LogP contribution in [0.3, 0.4) is 0 Å². The third-order valence-electron chi connectivity index (χ3n) is 2.15. The van der Waals surface area contributed by atoms with E-state index in [4.69, 9.17) is 11.6 Å². The Hall–Kier alpha value is -0.550. The molecule has 0 atom stereocenters. The molecule has 1 aliphatic rings. The molecule has 0 bridgehead atoms. The molecule has 0 N–H and O–H groups in total. The maximum absolute atomic E-state index is 5.80. The SMILES string of the molecule is CSc1nc(Cl)nc(N2CCCC2)n1. The Balaban J connectivity index is 2.27. The van der Waals surface area contributed by atoms with E-state index < -0.39 is 0 Å². The molecule has 6 heteroatoms. The highest BCUT2D eigenvalue weighted by atomic mass is 35.5. The fourth-order valence-electron chi connectivity index (χ4n) is 1.47. The van der Waals surface area contributed by atoms with Gasteiger partial charge in [0.05, 0.1) is 0 Å². The summed E-state index contributed by atoms with van der Waals surface area (Å²) in [5.41, 5.74) is 0. The average Bonchev–Trinajstić information content (AvgIpc) is 2.69. The Morgan fingerprint density at radius 2 is 1.93 bits per heavy atom. The molecular formula is C8H11ClN4S. The number of halogens is 1. The molecule has 4 nitrogen and oxygen atoms in total. The maximum atomic E-state index is 5.80. The van der Waals surface area contributed by atoms with Gasteiger partial charge in [-0.2, -0.15) is 15.0 Å². The summed E-state index contributed by atoms with van der Waals surface area (Å²) < 4.78 is 0. The van der Waals surface area contributed by atoms with Crippen LogP contribution in [0.4, 0.5) is 5.95 Å². The summed E-state index contributed by atoms with van der Waals surface area (Å²) in [5, 5.41) is 0.971. The van der Waals surface area contributed by atoms with Crippen molar-refractivity contribution in [1.29, 1.82) is 0 Å². The van der Waals surface area contributed by atoms with Gasteiger partial charge >= 0.3 is 0 Å². The number of nitrogens with zero attached hydrogens (tertiary/aromatic N) is 4. The highest BCUT2D eigenvalue weighted by Crippen LogP contribution is 2.19. The molecule has 1 aromatic heterocycles. The fourth-order valence-corrected chi connectivity index (χ4v) is 2.03. The van der Waals surface area contributed by atoms with Crippen molar-refractivity contribution in [2.24, 2.45) is 0 Å². The molecule has 76 valence electrons. The predicted molar refractivity (Wildman–Crippen MR) is 58.1 cm³/mol. The van der Waals surface area contributed by atoms with Crippen molar-refractivity contribution in [3.63, 3.8) is 0 Å². The van der Waals surface area contributed by atoms with Gasteiger partial charge in [-0.05, 0) is 30.7 Å². The molecular weight excluding hydrogens is 220 g/mol. The van der Waals surface area contributed by atoms with Gasteiger partial charge in [-0.3, -0.25) is 0 Å². The second-order valence-electron chi connectivity index (χ2n) is 3.09. The Kier molecular flexibility index (Phi) is 3.08. The Labute approximate surface area is 92.1 Å². The lowest BCUT2D eigenvalue weighted by Crippen LogP contribution is -2.21. The summed E-state index contributed by atoms with van der Waals surface area (Å²) >= 11 is 7.29. The summed E-state index contributed by atoms with van der Waals surface area (Å²) in [5.74, 6) is 0.715. The van der Waals surface area contributed by atoms with Gasteiger partial charge < -0.3 is 4.90 Å². The van der Waals surface area contributed by atoms with Crippen LogP contribution >= 0.6 is 23.4 Å². The maximum Gasteiger partial charge on any atom is 0.230 e. The van der Waals surface area contributed by atoms with E-state index in [-0.39, 0.29) is 5.28 Å². The molecule has 1 fully saturated rings. The van der Waals surface area contributed by atoms with Crippen LogP contribution in [0.5, 0.6) is 0 Å². The Morgan fingerprint density at radius 3 is 2.57 bits per heavy atom. The van der Waals surface area contributed by atoms with Gasteiger partial charge in [-0.25, -0.2) is 0 Å². The van der Waals surface area contributed by atoms with Gasteiger partial charge in [0.1, 0.15) is 0 Å². The smallest absolute Gasteiger partial charge is 0.230 e. The van der Waals surface area contributed by atoms with E-state index >= 15 is 0 Å². The molecule has 1 saturated heterocycles. The lowest BCUT2D eigenvalue weighted by molar-refractivity contribution is 0.827. The lowest BCUT2D eigenvalue weighted by atomic mass is 10.4. The molecule has 2 heterocycles. The van der Waals surface area contributed by atoms with E-state index in [2.05, 4.69) is 19.9 Å². The summed E-state index contributed by atoms with van der Waals surface area (Å²) in [4.78, 5) is 14.6. The molecule has 0 unspecified atom stereocenters. The van der Waals surface area contributed by atoms with E-state index in [1.807, 2.05) is 6.26 Å². The average molecular weight is 231 g/mol. The van der Waals surface area contributed by atoms with Crippen molar-refractivity contribution in [2.75, 3.05) is 24.2 Å². The first kappa shape index (κ1) is 9.98. The van der Waals surface area contributed by atoms with Crippen molar-refractivity contribution in [2.45, 2.75) is 18.0 Å². The van der Waals surface area contributed by atoms with Crippen LogP contribution in [0.1, 0.15) is 12.8 Å². The Bertz CT molecular complexity index is 327. The van der Waals surface area contributed by atoms with Crippen LogP contribution in [-0.2, 0) is 0 Å². The second-order valence-corrected chi connectivity index (χ2v) is 4.20. The van der Waals surface area contributed by atoms with Crippen molar-refractivity contribution in [3.8, 4) is 0 Å². The molecule has 0 amide bonds. The largest absolute Gasteiger partial charge is 0.341 e. The first-order chi connectivity index (χ1) is 6.79. The van der Waals surface area contributed by atoms with E-state index in [0.717, 1.165) is 13.1 Å². The minimum atomic E-state index is 0.284. The molecule has 1 aliphatic heterocycles. The summed E-state index contributed by atoms with van der Waals surface area (Å²) in [6.07, 6.45) is 4.34. The van der Waals surface area contributed by atoms with Crippen molar-refractivity contribution in [1.82, 2.24) is 15.0 Å². The van der Waals surface area contributed by atoms with Crippen LogP contribution in [0.2, 0.25) is 5.28 Å². The quantitative estimate of drug-likeness (QED) is 0.726. The monoisotopic (exact) mass is 230 g/mol. The number of thioether (sulfide) groups is 1. The molecule has 0 spiro atoms. The number of hydrogen-bond donors (Lipinski definition) is 0. The third-order valence-corrected chi connectivity index (χ3v) is 2.86. The summed E-state index contributed by atoms with van der Waals surface area (Å²) in [6.45, 7) is 2.04. The van der Waals surface area contributed by atoms with Crippen LogP contribution < -0.4 is 4.90 Å². The molecule has 0 aliphatic carbocycles. The minimum absolute atomic E-state index is 0.284. The molecule has 0 aromatic carbocycles. The fraction of sp³-hybridized carbons (Fsp3) is 0.625. The van der Waals surface area contributed by atoms with Gasteiger partial charge in [-0.1, -0.05) is 11.8 Å². The lowest BCUT2D eigenvalue weighted by Gasteiger charge is -2.14. The second kappa shape index (κ2) is 4.31. The van der Waals surface area contributed by atoms with Crippen LogP contribution in [0.15, 0.2) is 5.16 Å². The number of rotatable bonds is 2. The number of hydrogen-bond acceptors (Lipinski definition) is 5. The minimum Gasteiger partial charge on any atom is -0.341 e. The standard InChI is InChI=1S/C8H11ClN4S/c1-14-8-11-6(9)10-7(12-8)13-4-2-3-5-13/h2-5H2,1H3. The van der Waals surface area contributed by atoms with E-state index in [1.165, 1.54) is 24.6 Å². The van der Waals surface area contributed by atoms with Gasteiger partial charge in [-0.15, -0.1) is 0 Å². The van der Waals surface area contributed by atoms with Gasteiger partial charge in [0.25, 0.3) is 0 Å². The van der Waals surface area contributed by atoms with Crippen LogP contribution in [-0.4, -0.2) is 34.3 Å². The normalized spacial score (nSPS) is 16.3. The van der Waals surface area contributed by atoms with Gasteiger partial charge in [0.15, 0.2) is 5.16 Å². The van der Waals surface area contributed by atoms with Gasteiger partial charge in [0, 0.05) is 13.1 Å². The first-order valence-electron chi connectivity index (χ1n) is 4.50. The van der Waals surface area contributed by atoms with E-state index in [1.54, 1.807) is 0 Å². The van der Waals surface area contributed by atoms with E-state index in [0.29, 0.717) is 11.1 Å². The highest BCUT2D eigenvalue weighted by molar-refractivity contribution is 7.98. The first-order valence-corrected chi connectivity index (χ1v) is 6.10. The third kappa shape index (κ3) is 2.09. The predicted octanol–water partition coefficient (Wildman–Crippen LogP) is 1.85. The zero-order valence-corrected chi connectivity index (χ0v) is 9.48. The molecule has 14 heavy (non-hydrogen) atoms. The summed E-state index contributed by atoms with van der Waals surface area (Å²) in [6, 6.07) is 0. The van der Waals surface area contributed by atoms with Crippen molar-refractivity contribution >= 4 is 29.3 Å². The number of aromatic nitrogens is 3. The zero-order chi connectivity index (χ0) is 9.97. The zero-order valence-electron chi connectivity index (χ0n) is 7.90. The van der Waals surface area contributed by atoms with Crippen LogP contribution in [0, 0.1) is 0 Å². The molecule has 2 rings (SSSR count). The number of anilines is 1. The van der Waals surface area contributed by atoms with Crippen molar-refractivity contribution in [3.05, 3.63) is 5.28 Å². The molecule has 0 saturated carbocycles. The van der Waals surface area contributed by atoms with Gasteiger partial charge in [0.2, 0.25) is 11.2 Å². The summed E-state index contributed by atoms with van der Waals surface area (Å²) in [7, 11) is 0. The highest BCUT2D eigenvalue weighted by Gasteiger charge is 2.16. The molecule has 1 aromatic rings.